The van der Waals surface area contributed by atoms with E-state index in [1.165, 1.54) is 0 Å². The predicted molar refractivity (Wildman–Crippen MR) is 55.6 cm³/mol. The summed E-state index contributed by atoms with van der Waals surface area (Å²) in [5.41, 5.74) is 1.06. The number of carbonyl (C=O) groups excluding carboxylic acids is 1. The van der Waals surface area contributed by atoms with Crippen molar-refractivity contribution in [2.75, 3.05) is 0 Å². The number of aromatic nitrogens is 3. The van der Waals surface area contributed by atoms with Crippen LogP contribution < -0.4 is 5.32 Å². The SMILES string of the molecule is CC(C)NC(=O)c1cc2ncccn2n1. The van der Waals surface area contributed by atoms with Crippen LogP contribution in [0.4, 0.5) is 0 Å². The number of rotatable bonds is 2. The molecule has 15 heavy (non-hydrogen) atoms. The first-order valence-corrected chi connectivity index (χ1v) is 4.78. The van der Waals surface area contributed by atoms with E-state index in [0.717, 1.165) is 0 Å². The molecule has 2 aromatic rings. The van der Waals surface area contributed by atoms with Crippen LogP contribution in [0.3, 0.4) is 0 Å². The summed E-state index contributed by atoms with van der Waals surface area (Å²) >= 11 is 0. The highest BCUT2D eigenvalue weighted by Gasteiger charge is 2.11. The Bertz CT molecular complexity index is 456. The summed E-state index contributed by atoms with van der Waals surface area (Å²) in [7, 11) is 0. The van der Waals surface area contributed by atoms with Crippen LogP contribution in [0.2, 0.25) is 0 Å². The maximum atomic E-state index is 11.6. The molecule has 0 saturated heterocycles. The lowest BCUT2D eigenvalue weighted by Crippen LogP contribution is -2.30. The van der Waals surface area contributed by atoms with Gasteiger partial charge in [0.1, 0.15) is 0 Å². The van der Waals surface area contributed by atoms with E-state index in [1.807, 2.05) is 13.8 Å². The molecule has 0 radical (unpaired) electrons. The Morgan fingerprint density at radius 2 is 2.33 bits per heavy atom. The topological polar surface area (TPSA) is 59.3 Å². The molecule has 0 bridgehead atoms. The molecule has 0 fully saturated rings. The molecule has 2 heterocycles. The molecule has 0 unspecified atom stereocenters. The number of amides is 1. The van der Waals surface area contributed by atoms with Crippen LogP contribution >= 0.6 is 0 Å². The van der Waals surface area contributed by atoms with E-state index in [4.69, 9.17) is 0 Å². The number of nitrogens with one attached hydrogen (secondary N) is 1. The van der Waals surface area contributed by atoms with E-state index in [1.54, 1.807) is 29.0 Å². The standard InChI is InChI=1S/C10H12N4O/c1-7(2)12-10(15)8-6-9-11-4-3-5-14(9)13-8/h3-7H,1-2H3,(H,12,15). The molecular weight excluding hydrogens is 192 g/mol. The average Bonchev–Trinajstić information content (AvgIpc) is 2.59. The quantitative estimate of drug-likeness (QED) is 0.789. The molecule has 0 spiro atoms. The van der Waals surface area contributed by atoms with Gasteiger partial charge in [0, 0.05) is 24.5 Å². The van der Waals surface area contributed by atoms with Gasteiger partial charge in [-0.3, -0.25) is 4.79 Å². The Morgan fingerprint density at radius 1 is 1.53 bits per heavy atom. The third kappa shape index (κ3) is 1.96. The van der Waals surface area contributed by atoms with Crippen LogP contribution in [0, 0.1) is 0 Å². The van der Waals surface area contributed by atoms with Gasteiger partial charge in [-0.25, -0.2) is 9.50 Å². The Kier molecular flexibility index (Phi) is 2.37. The second-order valence-corrected chi connectivity index (χ2v) is 3.58. The molecule has 0 aliphatic rings. The zero-order valence-corrected chi connectivity index (χ0v) is 8.64. The third-order valence-electron chi connectivity index (χ3n) is 1.89. The zero-order chi connectivity index (χ0) is 10.8. The predicted octanol–water partition coefficient (Wildman–Crippen LogP) is 0.867. The van der Waals surface area contributed by atoms with Crippen LogP contribution in [-0.4, -0.2) is 26.5 Å². The number of hydrogen-bond donors (Lipinski definition) is 1. The molecule has 1 N–H and O–H groups in total. The minimum atomic E-state index is -0.171. The smallest absolute Gasteiger partial charge is 0.272 e. The van der Waals surface area contributed by atoms with Crippen LogP contribution in [0.1, 0.15) is 24.3 Å². The van der Waals surface area contributed by atoms with Crippen molar-refractivity contribution < 1.29 is 4.79 Å². The van der Waals surface area contributed by atoms with Gasteiger partial charge in [-0.2, -0.15) is 5.10 Å². The van der Waals surface area contributed by atoms with Crippen LogP contribution in [-0.2, 0) is 0 Å². The Labute approximate surface area is 87.1 Å². The molecule has 0 saturated carbocycles. The van der Waals surface area contributed by atoms with E-state index >= 15 is 0 Å². The van der Waals surface area contributed by atoms with Gasteiger partial charge in [0.15, 0.2) is 11.3 Å². The highest BCUT2D eigenvalue weighted by Crippen LogP contribution is 2.02. The van der Waals surface area contributed by atoms with Crippen molar-refractivity contribution in [1.29, 1.82) is 0 Å². The summed E-state index contributed by atoms with van der Waals surface area (Å²) in [6, 6.07) is 3.54. The van der Waals surface area contributed by atoms with E-state index in [-0.39, 0.29) is 11.9 Å². The van der Waals surface area contributed by atoms with Crippen LogP contribution in [0.5, 0.6) is 0 Å². The van der Waals surface area contributed by atoms with Crippen molar-refractivity contribution in [1.82, 2.24) is 19.9 Å². The van der Waals surface area contributed by atoms with Crippen molar-refractivity contribution in [3.63, 3.8) is 0 Å². The van der Waals surface area contributed by atoms with E-state index < -0.39 is 0 Å². The van der Waals surface area contributed by atoms with E-state index in [9.17, 15) is 4.79 Å². The first kappa shape index (κ1) is 9.64. The molecule has 0 aliphatic carbocycles. The van der Waals surface area contributed by atoms with Gasteiger partial charge in [0.2, 0.25) is 0 Å². The third-order valence-corrected chi connectivity index (χ3v) is 1.89. The molecular formula is C10H12N4O. The van der Waals surface area contributed by atoms with Gasteiger partial charge in [0.05, 0.1) is 0 Å². The molecule has 0 atom stereocenters. The molecule has 0 aromatic carbocycles. The monoisotopic (exact) mass is 204 g/mol. The number of hydrogen-bond acceptors (Lipinski definition) is 3. The first-order valence-electron chi connectivity index (χ1n) is 4.78. The molecule has 2 rings (SSSR count). The fourth-order valence-corrected chi connectivity index (χ4v) is 1.28. The summed E-state index contributed by atoms with van der Waals surface area (Å²) in [6.07, 6.45) is 3.43. The summed E-state index contributed by atoms with van der Waals surface area (Å²) in [4.78, 5) is 15.7. The Hall–Kier alpha value is -1.91. The molecule has 5 heteroatoms. The maximum Gasteiger partial charge on any atom is 0.272 e. The van der Waals surface area contributed by atoms with Crippen molar-refractivity contribution >= 4 is 11.6 Å². The van der Waals surface area contributed by atoms with Crippen molar-refractivity contribution in [2.24, 2.45) is 0 Å². The highest BCUT2D eigenvalue weighted by molar-refractivity contribution is 5.93. The van der Waals surface area contributed by atoms with Crippen LogP contribution in [0.15, 0.2) is 24.5 Å². The van der Waals surface area contributed by atoms with E-state index in [2.05, 4.69) is 15.4 Å². The van der Waals surface area contributed by atoms with Crippen LogP contribution in [0.25, 0.3) is 5.65 Å². The molecule has 0 aliphatic heterocycles. The lowest BCUT2D eigenvalue weighted by Gasteiger charge is -2.04. The largest absolute Gasteiger partial charge is 0.348 e. The van der Waals surface area contributed by atoms with Crippen molar-refractivity contribution in [3.8, 4) is 0 Å². The van der Waals surface area contributed by atoms with Crippen molar-refractivity contribution in [3.05, 3.63) is 30.2 Å². The summed E-state index contributed by atoms with van der Waals surface area (Å²) in [6.45, 7) is 3.82. The maximum absolute atomic E-state index is 11.6. The first-order chi connectivity index (χ1) is 7.16. The summed E-state index contributed by atoms with van der Waals surface area (Å²) in [5, 5.41) is 6.89. The Morgan fingerprint density at radius 3 is 3.00 bits per heavy atom. The second kappa shape index (κ2) is 3.68. The zero-order valence-electron chi connectivity index (χ0n) is 8.64. The Balaban J connectivity index is 2.32. The fraction of sp³-hybridized carbons (Fsp3) is 0.300. The van der Waals surface area contributed by atoms with Gasteiger partial charge in [-0.1, -0.05) is 0 Å². The highest BCUT2D eigenvalue weighted by atomic mass is 16.2. The average molecular weight is 204 g/mol. The van der Waals surface area contributed by atoms with Gasteiger partial charge >= 0.3 is 0 Å². The van der Waals surface area contributed by atoms with Gasteiger partial charge in [-0.15, -0.1) is 0 Å². The number of nitrogens with zero attached hydrogens (tertiary/aromatic N) is 3. The minimum Gasteiger partial charge on any atom is -0.348 e. The van der Waals surface area contributed by atoms with Crippen molar-refractivity contribution in [2.45, 2.75) is 19.9 Å². The van der Waals surface area contributed by atoms with Gasteiger partial charge in [0.25, 0.3) is 5.91 Å². The second-order valence-electron chi connectivity index (χ2n) is 3.58. The van der Waals surface area contributed by atoms with Gasteiger partial charge < -0.3 is 5.32 Å². The number of fused-ring (bicyclic) bond motifs is 1. The van der Waals surface area contributed by atoms with Gasteiger partial charge in [-0.05, 0) is 19.9 Å². The number of carbonyl (C=O) groups is 1. The fourth-order valence-electron chi connectivity index (χ4n) is 1.28. The lowest BCUT2D eigenvalue weighted by molar-refractivity contribution is 0.0938. The van der Waals surface area contributed by atoms with E-state index in [0.29, 0.717) is 11.3 Å². The normalized spacial score (nSPS) is 10.9. The summed E-state index contributed by atoms with van der Waals surface area (Å²) in [5.74, 6) is -0.171. The molecule has 78 valence electrons. The minimum absolute atomic E-state index is 0.107. The molecule has 5 nitrogen and oxygen atoms in total. The molecule has 2 aromatic heterocycles. The lowest BCUT2D eigenvalue weighted by atomic mass is 10.3. The summed E-state index contributed by atoms with van der Waals surface area (Å²) < 4.78 is 1.58. The molecule has 1 amide bonds.